The fraction of sp³-hybridized carbons (Fsp3) is 0.178. The van der Waals surface area contributed by atoms with Crippen molar-refractivity contribution < 1.29 is 0 Å². The molecule has 4 unspecified atom stereocenters. The molecule has 0 heterocycles. The summed E-state index contributed by atoms with van der Waals surface area (Å²) in [6, 6.07) is 84.6. The highest BCUT2D eigenvalue weighted by Gasteiger charge is 2.59. The molecular weight excluding hydrogens is 877 g/mol. The zero-order valence-electron chi connectivity index (χ0n) is 42.0. The quantitative estimate of drug-likeness (QED) is 0.149. The maximum absolute atomic E-state index is 2.64. The molecule has 350 valence electrons. The fourth-order valence-electron chi connectivity index (χ4n) is 15.2. The third-order valence-electron chi connectivity index (χ3n) is 18.8. The predicted molar refractivity (Wildman–Crippen MR) is 304 cm³/mol. The second-order valence-corrected chi connectivity index (χ2v) is 22.6. The molecule has 1 saturated carbocycles. The molecule has 4 atom stereocenters. The lowest BCUT2D eigenvalue weighted by Gasteiger charge is -2.34. The summed E-state index contributed by atoms with van der Waals surface area (Å²) in [7, 11) is 0. The summed E-state index contributed by atoms with van der Waals surface area (Å²) in [6.07, 6.45) is 9.20. The summed E-state index contributed by atoms with van der Waals surface area (Å²) in [6.45, 7) is 7.46. The van der Waals surface area contributed by atoms with Crippen LogP contribution in [0, 0.1) is 0 Å². The molecule has 0 radical (unpaired) electrons. The van der Waals surface area contributed by atoms with Crippen molar-refractivity contribution in [3.8, 4) is 33.4 Å². The normalized spacial score (nSPS) is 20.2. The largest absolute Gasteiger partial charge is 0.0836 e. The van der Waals surface area contributed by atoms with Gasteiger partial charge in [0.25, 0.3) is 0 Å². The van der Waals surface area contributed by atoms with E-state index in [-0.39, 0.29) is 10.8 Å². The maximum atomic E-state index is 2.64. The second kappa shape index (κ2) is 15.8. The Kier molecular flexibility index (Phi) is 9.30. The van der Waals surface area contributed by atoms with Gasteiger partial charge in [0.05, 0.1) is 5.41 Å². The Balaban J connectivity index is 0.841. The van der Waals surface area contributed by atoms with Gasteiger partial charge >= 0.3 is 0 Å². The first-order valence-corrected chi connectivity index (χ1v) is 26.9. The molecule has 15 rings (SSSR count). The van der Waals surface area contributed by atoms with Crippen molar-refractivity contribution in [3.63, 3.8) is 0 Å². The van der Waals surface area contributed by atoms with Gasteiger partial charge in [-0.1, -0.05) is 251 Å². The summed E-state index contributed by atoms with van der Waals surface area (Å²) >= 11 is 0. The van der Waals surface area contributed by atoms with Gasteiger partial charge in [0.2, 0.25) is 0 Å². The van der Waals surface area contributed by atoms with Crippen molar-refractivity contribution >= 4 is 16.8 Å². The van der Waals surface area contributed by atoms with Crippen molar-refractivity contribution in [3.05, 3.63) is 302 Å². The first-order chi connectivity index (χ1) is 35.9. The van der Waals surface area contributed by atoms with Gasteiger partial charge in [-0.2, -0.15) is 0 Å². The molecule has 0 bridgehead atoms. The Hall–Kier alpha value is -7.80. The zero-order valence-corrected chi connectivity index (χ0v) is 42.0. The minimum atomic E-state index is -0.462. The number of hydrogen-bond donors (Lipinski definition) is 0. The predicted octanol–water partition coefficient (Wildman–Crippen LogP) is 18.1. The lowest BCUT2D eigenvalue weighted by Crippen LogP contribution is -2.29. The lowest BCUT2D eigenvalue weighted by atomic mass is 9.67. The summed E-state index contributed by atoms with van der Waals surface area (Å²) in [4.78, 5) is 0. The van der Waals surface area contributed by atoms with Gasteiger partial charge in [-0.25, -0.2) is 0 Å². The standard InChI is InChI=1S/C73H58/c1-46(63-44-64-54-26-12-10-20-48(54)33-37-58(64)56-28-14-15-29-57(56)63)49-34-38-60-61-39-35-50(42-68(61)71(2,3)67(60)41-49)70-45-72(70,65-32-18-21-47-19-11-13-27-55(47)65)53-36-40-62-59-30-16-17-31-66(59)73(69(62)43-53,51-22-6-4-7-23-51)52-24-8-5-9-25-52/h4-9,11-19,21-43,46,63,70H,10,20,44-45H2,1-3H3. The molecule has 10 aromatic rings. The van der Waals surface area contributed by atoms with E-state index in [0.29, 0.717) is 17.8 Å². The third-order valence-corrected chi connectivity index (χ3v) is 18.8. The van der Waals surface area contributed by atoms with Crippen LogP contribution in [0.4, 0.5) is 0 Å². The van der Waals surface area contributed by atoms with E-state index in [1.54, 1.807) is 5.56 Å². The topological polar surface area (TPSA) is 0 Å². The van der Waals surface area contributed by atoms with Crippen LogP contribution >= 0.6 is 0 Å². The lowest BCUT2D eigenvalue weighted by molar-refractivity contribution is 0.564. The van der Waals surface area contributed by atoms with Gasteiger partial charge in [0.15, 0.2) is 0 Å². The number of hydrogen-bond acceptors (Lipinski definition) is 0. The first kappa shape index (κ1) is 42.8. The van der Waals surface area contributed by atoms with Crippen molar-refractivity contribution in [2.75, 3.05) is 0 Å². The van der Waals surface area contributed by atoms with Crippen LogP contribution in [0.3, 0.4) is 0 Å². The minimum absolute atomic E-state index is 0.154. The number of fused-ring (bicyclic) bond motifs is 12. The molecule has 0 amide bonds. The molecule has 0 saturated heterocycles. The van der Waals surface area contributed by atoms with Gasteiger partial charge in [-0.05, 0) is 165 Å². The van der Waals surface area contributed by atoms with E-state index in [1.165, 1.54) is 116 Å². The van der Waals surface area contributed by atoms with Crippen LogP contribution in [0.15, 0.2) is 224 Å². The molecule has 5 aliphatic rings. The molecule has 0 N–H and O–H groups in total. The van der Waals surface area contributed by atoms with Crippen LogP contribution in [0.25, 0.3) is 50.2 Å². The van der Waals surface area contributed by atoms with Gasteiger partial charge in [-0.3, -0.25) is 0 Å². The van der Waals surface area contributed by atoms with E-state index >= 15 is 0 Å². The number of allylic oxidation sites excluding steroid dienone is 1. The molecule has 0 aliphatic heterocycles. The van der Waals surface area contributed by atoms with E-state index in [0.717, 1.165) is 25.7 Å². The molecule has 5 aliphatic carbocycles. The Morgan fingerprint density at radius 2 is 1.11 bits per heavy atom. The number of benzene rings is 10. The van der Waals surface area contributed by atoms with Crippen LogP contribution in [0.2, 0.25) is 0 Å². The van der Waals surface area contributed by atoms with Gasteiger partial charge < -0.3 is 0 Å². The average molecular weight is 935 g/mol. The van der Waals surface area contributed by atoms with Crippen LogP contribution in [0.1, 0.15) is 129 Å². The summed E-state index contributed by atoms with van der Waals surface area (Å²) < 4.78 is 0. The Labute approximate surface area is 430 Å². The smallest absolute Gasteiger partial charge is 0.0713 e. The van der Waals surface area contributed by atoms with E-state index < -0.39 is 5.41 Å². The van der Waals surface area contributed by atoms with E-state index in [1.807, 2.05) is 0 Å². The Morgan fingerprint density at radius 3 is 1.93 bits per heavy atom. The first-order valence-electron chi connectivity index (χ1n) is 26.9. The Bertz CT molecular complexity index is 3880. The summed E-state index contributed by atoms with van der Waals surface area (Å²) in [5.41, 5.74) is 27.4. The van der Waals surface area contributed by atoms with Crippen LogP contribution in [-0.4, -0.2) is 0 Å². The van der Waals surface area contributed by atoms with Crippen molar-refractivity contribution in [2.45, 2.75) is 80.5 Å². The highest BCUT2D eigenvalue weighted by atomic mass is 14.6. The Morgan fingerprint density at radius 1 is 0.479 bits per heavy atom. The van der Waals surface area contributed by atoms with Gasteiger partial charge in [0, 0.05) is 10.8 Å². The van der Waals surface area contributed by atoms with E-state index in [2.05, 4.69) is 251 Å². The molecule has 1 fully saturated rings. The molecule has 0 spiro atoms. The molecule has 0 heteroatoms. The highest BCUT2D eigenvalue weighted by Crippen LogP contribution is 2.68. The average Bonchev–Trinajstić information content (AvgIpc) is 4.18. The molecular formula is C73H58. The van der Waals surface area contributed by atoms with Crippen molar-refractivity contribution in [1.82, 2.24) is 0 Å². The third kappa shape index (κ3) is 6.02. The van der Waals surface area contributed by atoms with E-state index in [9.17, 15) is 0 Å². The molecule has 73 heavy (non-hydrogen) atoms. The fourth-order valence-corrected chi connectivity index (χ4v) is 15.2. The van der Waals surface area contributed by atoms with Crippen LogP contribution < -0.4 is 0 Å². The van der Waals surface area contributed by atoms with Crippen molar-refractivity contribution in [1.29, 1.82) is 0 Å². The number of rotatable bonds is 7. The summed E-state index contributed by atoms with van der Waals surface area (Å²) in [5, 5.41) is 2.65. The highest BCUT2D eigenvalue weighted by molar-refractivity contribution is 5.91. The molecule has 0 nitrogen and oxygen atoms in total. The zero-order chi connectivity index (χ0) is 48.6. The van der Waals surface area contributed by atoms with Crippen molar-refractivity contribution in [2.24, 2.45) is 0 Å². The monoisotopic (exact) mass is 934 g/mol. The second-order valence-electron chi connectivity index (χ2n) is 22.6. The molecule has 10 aromatic carbocycles. The maximum Gasteiger partial charge on any atom is 0.0713 e. The minimum Gasteiger partial charge on any atom is -0.0836 e. The SMILES string of the molecule is CC(c1ccc2c(c1)C(C)(C)c1cc(C3CC3(c3ccc4c(c3)C(c3ccccc3)(c3ccccc3)c3ccccc3-4)c3cccc4ccccc34)ccc1-2)C1Cc2c(ccc3c2C=CCC3)-c2ccccc21. The van der Waals surface area contributed by atoms with Gasteiger partial charge in [-0.15, -0.1) is 0 Å². The number of aryl methyl sites for hydroxylation is 1. The van der Waals surface area contributed by atoms with Crippen LogP contribution in [0.5, 0.6) is 0 Å². The van der Waals surface area contributed by atoms with Crippen LogP contribution in [-0.2, 0) is 29.1 Å². The molecule has 0 aromatic heterocycles. The summed E-state index contributed by atoms with van der Waals surface area (Å²) in [5.74, 6) is 1.06. The van der Waals surface area contributed by atoms with E-state index in [4.69, 9.17) is 0 Å². The van der Waals surface area contributed by atoms with Gasteiger partial charge in [0.1, 0.15) is 0 Å².